The van der Waals surface area contributed by atoms with E-state index in [9.17, 15) is 5.11 Å². The van der Waals surface area contributed by atoms with Crippen molar-refractivity contribution in [2.24, 2.45) is 17.8 Å². The lowest BCUT2D eigenvalue weighted by molar-refractivity contribution is 0.149. The van der Waals surface area contributed by atoms with E-state index in [1.54, 1.807) is 0 Å². The molecule has 0 bridgehead atoms. The molecule has 0 saturated heterocycles. The predicted octanol–water partition coefficient (Wildman–Crippen LogP) is 1.80. The highest BCUT2D eigenvalue weighted by Crippen LogP contribution is 2.59. The van der Waals surface area contributed by atoms with Crippen molar-refractivity contribution in [3.8, 4) is 0 Å². The second-order valence-electron chi connectivity index (χ2n) is 3.84. The summed E-state index contributed by atoms with van der Waals surface area (Å²) in [6, 6.07) is 0. The molecule has 0 spiro atoms. The minimum Gasteiger partial charge on any atom is -0.393 e. The molecule has 10 heavy (non-hydrogen) atoms. The highest BCUT2D eigenvalue weighted by atomic mass is 16.3. The Labute approximate surface area is 62.4 Å². The summed E-state index contributed by atoms with van der Waals surface area (Å²) in [5.74, 6) is 2.56. The SMILES string of the molecule is CCC[C@H]1[C@@H]2CC[C@@H](O)[C@H]12. The molecule has 58 valence electrons. The number of hydrogen-bond acceptors (Lipinski definition) is 1. The van der Waals surface area contributed by atoms with Crippen molar-refractivity contribution < 1.29 is 5.11 Å². The second-order valence-corrected chi connectivity index (χ2v) is 3.84. The van der Waals surface area contributed by atoms with Crippen molar-refractivity contribution >= 4 is 0 Å². The summed E-state index contributed by atoms with van der Waals surface area (Å²) < 4.78 is 0. The van der Waals surface area contributed by atoms with Gasteiger partial charge in [0.1, 0.15) is 0 Å². The first-order valence-electron chi connectivity index (χ1n) is 4.52. The summed E-state index contributed by atoms with van der Waals surface area (Å²) in [6.07, 6.45) is 5.10. The van der Waals surface area contributed by atoms with Gasteiger partial charge in [0.05, 0.1) is 6.10 Å². The van der Waals surface area contributed by atoms with E-state index in [4.69, 9.17) is 0 Å². The fourth-order valence-electron chi connectivity index (χ4n) is 2.75. The highest BCUT2D eigenvalue weighted by molar-refractivity contribution is 5.05. The predicted molar refractivity (Wildman–Crippen MR) is 40.6 cm³/mol. The Kier molecular flexibility index (Phi) is 1.48. The molecule has 0 unspecified atom stereocenters. The fraction of sp³-hybridized carbons (Fsp3) is 1.00. The third kappa shape index (κ3) is 0.800. The van der Waals surface area contributed by atoms with Crippen LogP contribution < -0.4 is 0 Å². The van der Waals surface area contributed by atoms with Crippen LogP contribution in [0.1, 0.15) is 32.6 Å². The van der Waals surface area contributed by atoms with Crippen LogP contribution in [0.4, 0.5) is 0 Å². The van der Waals surface area contributed by atoms with Gasteiger partial charge in [0.15, 0.2) is 0 Å². The number of hydrogen-bond donors (Lipinski definition) is 1. The first-order chi connectivity index (χ1) is 4.84. The van der Waals surface area contributed by atoms with Crippen molar-refractivity contribution in [1.82, 2.24) is 0 Å². The molecule has 1 nitrogen and oxygen atoms in total. The van der Waals surface area contributed by atoms with E-state index in [-0.39, 0.29) is 6.10 Å². The molecule has 0 radical (unpaired) electrons. The van der Waals surface area contributed by atoms with Gasteiger partial charge < -0.3 is 5.11 Å². The molecule has 0 heterocycles. The van der Waals surface area contributed by atoms with E-state index in [0.717, 1.165) is 24.2 Å². The average molecular weight is 140 g/mol. The zero-order valence-electron chi connectivity index (χ0n) is 6.59. The molecule has 1 N–H and O–H groups in total. The number of aliphatic hydroxyl groups is 1. The Hall–Kier alpha value is -0.0400. The van der Waals surface area contributed by atoms with Crippen molar-refractivity contribution in [2.45, 2.75) is 38.7 Å². The summed E-state index contributed by atoms with van der Waals surface area (Å²) in [5, 5.41) is 9.44. The van der Waals surface area contributed by atoms with Gasteiger partial charge in [0, 0.05) is 0 Å². The van der Waals surface area contributed by atoms with E-state index < -0.39 is 0 Å². The van der Waals surface area contributed by atoms with Gasteiger partial charge in [-0.15, -0.1) is 0 Å². The zero-order chi connectivity index (χ0) is 7.14. The van der Waals surface area contributed by atoms with E-state index >= 15 is 0 Å². The smallest absolute Gasteiger partial charge is 0.0574 e. The van der Waals surface area contributed by atoms with Crippen LogP contribution in [0.15, 0.2) is 0 Å². The summed E-state index contributed by atoms with van der Waals surface area (Å²) in [4.78, 5) is 0. The lowest BCUT2D eigenvalue weighted by Crippen LogP contribution is -2.06. The first kappa shape index (κ1) is 6.66. The maximum absolute atomic E-state index is 9.44. The molecule has 1 heteroatoms. The fourth-order valence-corrected chi connectivity index (χ4v) is 2.75. The minimum absolute atomic E-state index is 0.0709. The summed E-state index contributed by atoms with van der Waals surface area (Å²) in [6.45, 7) is 2.24. The van der Waals surface area contributed by atoms with Gasteiger partial charge in [-0.05, 0) is 30.6 Å². The van der Waals surface area contributed by atoms with Crippen molar-refractivity contribution in [1.29, 1.82) is 0 Å². The third-order valence-electron chi connectivity index (χ3n) is 3.26. The number of fused-ring (bicyclic) bond motifs is 1. The van der Waals surface area contributed by atoms with Gasteiger partial charge in [-0.3, -0.25) is 0 Å². The molecule has 0 aromatic heterocycles. The van der Waals surface area contributed by atoms with Crippen LogP contribution in [-0.4, -0.2) is 11.2 Å². The zero-order valence-corrected chi connectivity index (χ0v) is 6.59. The normalized spacial score (nSPS) is 51.0. The summed E-state index contributed by atoms with van der Waals surface area (Å²) >= 11 is 0. The molecule has 2 aliphatic rings. The van der Waals surface area contributed by atoms with E-state index in [1.165, 1.54) is 19.3 Å². The molecule has 0 aromatic rings. The Bertz CT molecular complexity index is 133. The molecule has 2 rings (SSSR count). The molecule has 2 fully saturated rings. The molecule has 2 saturated carbocycles. The Balaban J connectivity index is 1.87. The van der Waals surface area contributed by atoms with Gasteiger partial charge >= 0.3 is 0 Å². The maximum Gasteiger partial charge on any atom is 0.0574 e. The quantitative estimate of drug-likeness (QED) is 0.620. The first-order valence-corrected chi connectivity index (χ1v) is 4.52. The van der Waals surface area contributed by atoms with Crippen LogP contribution in [0.25, 0.3) is 0 Å². The second kappa shape index (κ2) is 2.23. The van der Waals surface area contributed by atoms with Gasteiger partial charge in [0.2, 0.25) is 0 Å². The minimum atomic E-state index is 0.0709. The van der Waals surface area contributed by atoms with Crippen LogP contribution in [0.3, 0.4) is 0 Å². The molecule has 2 aliphatic carbocycles. The van der Waals surface area contributed by atoms with Crippen molar-refractivity contribution in [3.05, 3.63) is 0 Å². The topological polar surface area (TPSA) is 20.2 Å². The summed E-state index contributed by atoms with van der Waals surface area (Å²) in [7, 11) is 0. The monoisotopic (exact) mass is 140 g/mol. The molecular weight excluding hydrogens is 124 g/mol. The molecule has 0 aromatic carbocycles. The maximum atomic E-state index is 9.44. The highest BCUT2D eigenvalue weighted by Gasteiger charge is 2.56. The van der Waals surface area contributed by atoms with Crippen molar-refractivity contribution in [2.75, 3.05) is 0 Å². The standard InChI is InChI=1S/C9H16O/c1-2-3-6-7-4-5-8(10)9(6)7/h6-10H,2-5H2,1H3/t6-,7-,8+,9+/m0/s1. The van der Waals surface area contributed by atoms with Crippen LogP contribution in [0, 0.1) is 17.8 Å². The largest absolute Gasteiger partial charge is 0.393 e. The molecule has 0 aliphatic heterocycles. The molecule has 4 atom stereocenters. The Morgan fingerprint density at radius 3 is 2.70 bits per heavy atom. The van der Waals surface area contributed by atoms with Crippen LogP contribution in [0.2, 0.25) is 0 Å². The van der Waals surface area contributed by atoms with E-state index in [1.807, 2.05) is 0 Å². The van der Waals surface area contributed by atoms with Crippen LogP contribution >= 0.6 is 0 Å². The van der Waals surface area contributed by atoms with E-state index in [2.05, 4.69) is 6.92 Å². The summed E-state index contributed by atoms with van der Waals surface area (Å²) in [5.41, 5.74) is 0. The van der Waals surface area contributed by atoms with Gasteiger partial charge in [-0.1, -0.05) is 19.8 Å². The van der Waals surface area contributed by atoms with E-state index in [0.29, 0.717) is 0 Å². The Morgan fingerprint density at radius 2 is 2.20 bits per heavy atom. The van der Waals surface area contributed by atoms with Gasteiger partial charge in [-0.25, -0.2) is 0 Å². The molecule has 0 amide bonds. The number of rotatable bonds is 2. The Morgan fingerprint density at radius 1 is 1.40 bits per heavy atom. The number of aliphatic hydroxyl groups excluding tert-OH is 1. The van der Waals surface area contributed by atoms with Crippen LogP contribution in [-0.2, 0) is 0 Å². The average Bonchev–Trinajstić information content (AvgIpc) is 2.45. The lowest BCUT2D eigenvalue weighted by Gasteiger charge is -2.05. The van der Waals surface area contributed by atoms with Gasteiger partial charge in [-0.2, -0.15) is 0 Å². The third-order valence-corrected chi connectivity index (χ3v) is 3.26. The van der Waals surface area contributed by atoms with Crippen molar-refractivity contribution in [3.63, 3.8) is 0 Å². The lowest BCUT2D eigenvalue weighted by atomic mass is 10.1. The van der Waals surface area contributed by atoms with Gasteiger partial charge in [0.25, 0.3) is 0 Å². The molecular formula is C9H16O. The van der Waals surface area contributed by atoms with Crippen LogP contribution in [0.5, 0.6) is 0 Å².